The van der Waals surface area contributed by atoms with Gasteiger partial charge in [-0.15, -0.1) is 0 Å². The van der Waals surface area contributed by atoms with Gasteiger partial charge in [0.1, 0.15) is 24.4 Å². The Hall–Kier alpha value is -1.56. The summed E-state index contributed by atoms with van der Waals surface area (Å²) in [7, 11) is 0. The minimum atomic E-state index is -1.53. The highest BCUT2D eigenvalue weighted by atomic mass is 16.7. The first-order valence-electron chi connectivity index (χ1n) is 17.5. The summed E-state index contributed by atoms with van der Waals surface area (Å²) in [5, 5.41) is 70.3. The van der Waals surface area contributed by atoms with Crippen molar-refractivity contribution in [3.8, 4) is 0 Å². The summed E-state index contributed by atoms with van der Waals surface area (Å²) in [5.41, 5.74) is 1.55. The van der Waals surface area contributed by atoms with Crippen LogP contribution in [0.3, 0.4) is 0 Å². The lowest BCUT2D eigenvalue weighted by atomic mass is 9.35. The molecule has 5 fully saturated rings. The maximum Gasteiger partial charge on any atom is 0.187 e. The molecule has 0 amide bonds. The SMILES string of the molecule is CC(C)=CCC[C@](C)(O[C@@H]1O[C@H](CO)[C@@H](O)[C@H](O)[C@H]1O)[C@H]1CC[C@]2(C)[C@@H]1/C(=N/O)C[C@@H]1[C@@]3(C)CC/C(=N\O)C(C)(C)[C@@H]3CC[C@]12C. The first-order chi connectivity index (χ1) is 21.4. The molecular weight excluding hydrogens is 588 g/mol. The summed E-state index contributed by atoms with van der Waals surface area (Å²) >= 11 is 0. The standard InChI is InChI=1S/C36H60N2O8/c1-20(2)10-9-14-36(8,46-31-30(42)29(41)28(40)23(19-39)45-31)21-11-16-35(7)27(21)22(37-43)18-25-33(5)15-13-26(38-44)32(3,4)24(33)12-17-34(25,35)6/h10,21,23-25,27-31,39-44H,9,11-19H2,1-8H3/b37-22+,38-26+/t21-,23+,24-,25+,27-,28+,29-,30+,31-,33-,34+,35+,36-/m0/s1. The lowest BCUT2D eigenvalue weighted by molar-refractivity contribution is -0.333. The van der Waals surface area contributed by atoms with Gasteiger partial charge in [0.2, 0.25) is 0 Å². The van der Waals surface area contributed by atoms with Crippen LogP contribution in [0.5, 0.6) is 0 Å². The zero-order valence-electron chi connectivity index (χ0n) is 29.2. The molecular formula is C36H60N2O8. The fraction of sp³-hybridized carbons (Fsp3) is 0.889. The first-order valence-corrected chi connectivity index (χ1v) is 17.5. The zero-order valence-corrected chi connectivity index (χ0v) is 29.2. The Kier molecular flexibility index (Phi) is 9.63. The average molecular weight is 649 g/mol. The topological polar surface area (TPSA) is 165 Å². The fourth-order valence-corrected chi connectivity index (χ4v) is 11.7. The number of ether oxygens (including phenoxy) is 2. The van der Waals surface area contributed by atoms with Gasteiger partial charge in [-0.25, -0.2) is 0 Å². The van der Waals surface area contributed by atoms with Crippen LogP contribution in [-0.4, -0.2) is 85.2 Å². The number of rotatable bonds is 7. The van der Waals surface area contributed by atoms with Crippen LogP contribution in [0.2, 0.25) is 0 Å². The second kappa shape index (κ2) is 12.4. The van der Waals surface area contributed by atoms with Crippen molar-refractivity contribution in [1.82, 2.24) is 0 Å². The third-order valence-corrected chi connectivity index (χ3v) is 14.4. The summed E-state index contributed by atoms with van der Waals surface area (Å²) < 4.78 is 12.7. The van der Waals surface area contributed by atoms with E-state index >= 15 is 0 Å². The zero-order chi connectivity index (χ0) is 34.0. The molecule has 0 bridgehead atoms. The molecule has 1 heterocycles. The molecule has 4 aliphatic carbocycles. The van der Waals surface area contributed by atoms with Crippen LogP contribution >= 0.6 is 0 Å². The first kappa shape index (κ1) is 35.7. The van der Waals surface area contributed by atoms with E-state index in [1.807, 2.05) is 6.92 Å². The van der Waals surface area contributed by atoms with E-state index in [1.54, 1.807) is 0 Å². The number of allylic oxidation sites excluding steroid dienone is 2. The quantitative estimate of drug-likeness (QED) is 0.124. The molecule has 5 rings (SSSR count). The lowest BCUT2D eigenvalue weighted by Crippen LogP contribution is -2.66. The Morgan fingerprint density at radius 2 is 1.61 bits per heavy atom. The van der Waals surface area contributed by atoms with Crippen molar-refractivity contribution < 1.29 is 40.3 Å². The van der Waals surface area contributed by atoms with Crippen LogP contribution in [0.25, 0.3) is 0 Å². The number of hydrogen-bond donors (Lipinski definition) is 6. The van der Waals surface area contributed by atoms with Gasteiger partial charge < -0.3 is 40.3 Å². The van der Waals surface area contributed by atoms with Crippen molar-refractivity contribution in [3.05, 3.63) is 11.6 Å². The molecule has 6 N–H and O–H groups in total. The van der Waals surface area contributed by atoms with Gasteiger partial charge in [0.05, 0.1) is 23.6 Å². The van der Waals surface area contributed by atoms with Gasteiger partial charge >= 0.3 is 0 Å². The molecule has 0 aromatic carbocycles. The predicted molar refractivity (Wildman–Crippen MR) is 175 cm³/mol. The number of nitrogens with zero attached hydrogens (tertiary/aromatic N) is 2. The minimum absolute atomic E-state index is 0.0216. The van der Waals surface area contributed by atoms with E-state index in [9.17, 15) is 30.8 Å². The van der Waals surface area contributed by atoms with Gasteiger partial charge in [-0.3, -0.25) is 0 Å². The molecule has 262 valence electrons. The van der Waals surface area contributed by atoms with Crippen molar-refractivity contribution in [2.24, 2.45) is 55.6 Å². The van der Waals surface area contributed by atoms with E-state index in [-0.39, 0.29) is 39.4 Å². The van der Waals surface area contributed by atoms with E-state index in [0.29, 0.717) is 18.8 Å². The molecule has 1 aliphatic heterocycles. The largest absolute Gasteiger partial charge is 0.411 e. The average Bonchev–Trinajstić information content (AvgIpc) is 3.37. The summed E-state index contributed by atoms with van der Waals surface area (Å²) in [6, 6.07) is 0. The van der Waals surface area contributed by atoms with Gasteiger partial charge in [-0.2, -0.15) is 0 Å². The van der Waals surface area contributed by atoms with Crippen molar-refractivity contribution in [2.75, 3.05) is 6.61 Å². The Bertz CT molecular complexity index is 1230. The summed E-state index contributed by atoms with van der Waals surface area (Å²) in [4.78, 5) is 0. The Labute approximate surface area is 274 Å². The van der Waals surface area contributed by atoms with Crippen LogP contribution < -0.4 is 0 Å². The Morgan fingerprint density at radius 1 is 0.935 bits per heavy atom. The van der Waals surface area contributed by atoms with Crippen LogP contribution in [0.1, 0.15) is 113 Å². The normalized spacial score (nSPS) is 48.3. The highest BCUT2D eigenvalue weighted by Gasteiger charge is 2.71. The molecule has 0 aromatic heterocycles. The highest BCUT2D eigenvalue weighted by molar-refractivity contribution is 5.91. The van der Waals surface area contributed by atoms with Gasteiger partial charge in [-0.05, 0) is 113 Å². The highest BCUT2D eigenvalue weighted by Crippen LogP contribution is 2.75. The second-order valence-electron chi connectivity index (χ2n) is 17.1. The van der Waals surface area contributed by atoms with Crippen molar-refractivity contribution in [3.63, 3.8) is 0 Å². The van der Waals surface area contributed by atoms with E-state index < -0.39 is 42.9 Å². The van der Waals surface area contributed by atoms with Crippen molar-refractivity contribution in [1.29, 1.82) is 0 Å². The summed E-state index contributed by atoms with van der Waals surface area (Å²) in [6.45, 7) is 17.4. The monoisotopic (exact) mass is 648 g/mol. The molecule has 10 nitrogen and oxygen atoms in total. The maximum atomic E-state index is 11.0. The molecule has 13 atom stereocenters. The number of aliphatic hydroxyl groups excluding tert-OH is 4. The van der Waals surface area contributed by atoms with Crippen LogP contribution in [0.15, 0.2) is 22.0 Å². The molecule has 4 saturated carbocycles. The second-order valence-corrected chi connectivity index (χ2v) is 17.1. The molecule has 0 aromatic rings. The van der Waals surface area contributed by atoms with Crippen molar-refractivity contribution >= 4 is 11.4 Å². The maximum absolute atomic E-state index is 11.0. The molecule has 0 radical (unpaired) electrons. The third-order valence-electron chi connectivity index (χ3n) is 14.4. The smallest absolute Gasteiger partial charge is 0.187 e. The van der Waals surface area contributed by atoms with Gasteiger partial charge in [-0.1, -0.05) is 56.6 Å². The van der Waals surface area contributed by atoms with E-state index in [2.05, 4.69) is 64.9 Å². The molecule has 10 heteroatoms. The third kappa shape index (κ3) is 5.28. The van der Waals surface area contributed by atoms with Crippen molar-refractivity contribution in [2.45, 2.75) is 149 Å². The number of fused-ring (bicyclic) bond motifs is 5. The summed E-state index contributed by atoms with van der Waals surface area (Å²) in [6.07, 6.45) is 2.91. The molecule has 0 unspecified atom stereocenters. The minimum Gasteiger partial charge on any atom is -0.411 e. The Morgan fingerprint density at radius 3 is 2.22 bits per heavy atom. The molecule has 46 heavy (non-hydrogen) atoms. The van der Waals surface area contributed by atoms with Gasteiger partial charge in [0, 0.05) is 11.3 Å². The summed E-state index contributed by atoms with van der Waals surface area (Å²) in [5.74, 6) is 0.485. The van der Waals surface area contributed by atoms with E-state index in [4.69, 9.17) is 9.47 Å². The molecule has 0 spiro atoms. The molecule has 5 aliphatic rings. The Balaban J connectivity index is 1.53. The number of oxime groups is 2. The number of hydrogen-bond acceptors (Lipinski definition) is 10. The van der Waals surface area contributed by atoms with E-state index in [0.717, 1.165) is 56.4 Å². The fourth-order valence-electron chi connectivity index (χ4n) is 11.7. The predicted octanol–water partition coefficient (Wildman–Crippen LogP) is 5.26. The number of aliphatic hydroxyl groups is 4. The lowest BCUT2D eigenvalue weighted by Gasteiger charge is -2.69. The van der Waals surface area contributed by atoms with Gasteiger partial charge in [0.15, 0.2) is 6.29 Å². The van der Waals surface area contributed by atoms with Gasteiger partial charge in [0.25, 0.3) is 0 Å². The van der Waals surface area contributed by atoms with E-state index in [1.165, 1.54) is 5.57 Å². The molecule has 1 saturated heterocycles. The van der Waals surface area contributed by atoms with Crippen LogP contribution in [0.4, 0.5) is 0 Å². The van der Waals surface area contributed by atoms with Crippen LogP contribution in [0, 0.1) is 45.3 Å². The van der Waals surface area contributed by atoms with Crippen LogP contribution in [-0.2, 0) is 9.47 Å².